The number of carbonyl (C=O) groups is 2. The molecular weight excluding hydrogens is 256 g/mol. The average molecular weight is 282 g/mol. The molecule has 20 heavy (non-hydrogen) atoms. The van der Waals surface area contributed by atoms with Crippen LogP contribution in [0, 0.1) is 11.8 Å². The summed E-state index contributed by atoms with van der Waals surface area (Å²) in [7, 11) is 1.76. The summed E-state index contributed by atoms with van der Waals surface area (Å²) in [5.41, 5.74) is -1.06. The molecular formula is C15H26N2O3. The predicted molar refractivity (Wildman–Crippen MR) is 76.5 cm³/mol. The molecule has 2 fully saturated rings. The molecule has 0 aromatic heterocycles. The van der Waals surface area contributed by atoms with E-state index in [2.05, 4.69) is 12.2 Å². The molecule has 0 bridgehead atoms. The van der Waals surface area contributed by atoms with Crippen LogP contribution in [0.4, 0.5) is 4.79 Å². The molecule has 0 aromatic carbocycles. The highest BCUT2D eigenvalue weighted by atomic mass is 16.4. The largest absolute Gasteiger partial charge is 0.480 e. The monoisotopic (exact) mass is 282 g/mol. The Hall–Kier alpha value is -1.26. The Morgan fingerprint density at radius 2 is 1.80 bits per heavy atom. The van der Waals surface area contributed by atoms with Gasteiger partial charge in [-0.1, -0.05) is 32.6 Å². The maximum absolute atomic E-state index is 12.3. The van der Waals surface area contributed by atoms with Gasteiger partial charge in [0, 0.05) is 13.6 Å². The summed E-state index contributed by atoms with van der Waals surface area (Å²) in [6.07, 6.45) is 6.11. The minimum absolute atomic E-state index is 0.242. The lowest BCUT2D eigenvalue weighted by Crippen LogP contribution is -2.57. The topological polar surface area (TPSA) is 69.6 Å². The Morgan fingerprint density at radius 1 is 1.25 bits per heavy atom. The van der Waals surface area contributed by atoms with Gasteiger partial charge in [-0.25, -0.2) is 9.59 Å². The Labute approximate surface area is 120 Å². The van der Waals surface area contributed by atoms with Crippen LogP contribution in [0.2, 0.25) is 0 Å². The molecule has 2 aliphatic carbocycles. The van der Waals surface area contributed by atoms with Crippen molar-refractivity contribution in [3.8, 4) is 0 Å². The summed E-state index contributed by atoms with van der Waals surface area (Å²) in [6.45, 7) is 2.91. The van der Waals surface area contributed by atoms with Crippen molar-refractivity contribution >= 4 is 12.0 Å². The SMILES string of the molecule is CC1CC1CN(C)C(=O)NC1(C(=O)O)CCCCCC1. The normalized spacial score (nSPS) is 28.3. The van der Waals surface area contributed by atoms with Crippen LogP contribution in [-0.4, -0.2) is 41.1 Å². The molecule has 2 atom stereocenters. The van der Waals surface area contributed by atoms with Gasteiger partial charge in [0.05, 0.1) is 0 Å². The number of urea groups is 1. The van der Waals surface area contributed by atoms with Gasteiger partial charge >= 0.3 is 12.0 Å². The standard InChI is InChI=1S/C15H26N2O3/c1-11-9-12(11)10-17(2)14(20)16-15(13(18)19)7-5-3-4-6-8-15/h11-12H,3-10H2,1-2H3,(H,16,20)(H,18,19). The van der Waals surface area contributed by atoms with E-state index in [0.717, 1.165) is 32.2 Å². The molecule has 0 aromatic rings. The number of rotatable bonds is 4. The van der Waals surface area contributed by atoms with E-state index >= 15 is 0 Å². The summed E-state index contributed by atoms with van der Waals surface area (Å²) in [5.74, 6) is 0.387. The van der Waals surface area contributed by atoms with Crippen molar-refractivity contribution in [2.45, 2.75) is 57.4 Å². The molecule has 0 heterocycles. The fraction of sp³-hybridized carbons (Fsp3) is 0.867. The lowest BCUT2D eigenvalue weighted by molar-refractivity contribution is -0.145. The van der Waals surface area contributed by atoms with Gasteiger partial charge in [-0.05, 0) is 31.1 Å². The minimum Gasteiger partial charge on any atom is -0.480 e. The highest BCUT2D eigenvalue weighted by Crippen LogP contribution is 2.38. The van der Waals surface area contributed by atoms with E-state index in [-0.39, 0.29) is 6.03 Å². The number of carbonyl (C=O) groups excluding carboxylic acids is 1. The Balaban J connectivity index is 1.96. The summed E-state index contributed by atoms with van der Waals surface area (Å²) >= 11 is 0. The molecule has 0 radical (unpaired) electrons. The molecule has 2 N–H and O–H groups in total. The smallest absolute Gasteiger partial charge is 0.329 e. The van der Waals surface area contributed by atoms with Crippen LogP contribution in [0.3, 0.4) is 0 Å². The molecule has 2 rings (SSSR count). The van der Waals surface area contributed by atoms with E-state index in [9.17, 15) is 14.7 Å². The lowest BCUT2D eigenvalue weighted by atomic mass is 9.90. The molecule has 0 spiro atoms. The van der Waals surface area contributed by atoms with Crippen LogP contribution in [0.1, 0.15) is 51.9 Å². The first-order chi connectivity index (χ1) is 9.44. The molecule has 114 valence electrons. The number of amides is 2. The van der Waals surface area contributed by atoms with E-state index in [0.29, 0.717) is 24.7 Å². The summed E-state index contributed by atoms with van der Waals surface area (Å²) in [4.78, 5) is 25.5. The Bertz CT molecular complexity index is 375. The first-order valence-electron chi connectivity index (χ1n) is 7.71. The van der Waals surface area contributed by atoms with Crippen molar-refractivity contribution in [1.82, 2.24) is 10.2 Å². The molecule has 5 nitrogen and oxygen atoms in total. The highest BCUT2D eigenvalue weighted by Gasteiger charge is 2.41. The summed E-state index contributed by atoms with van der Waals surface area (Å²) < 4.78 is 0. The number of aliphatic carboxylic acids is 1. The number of hydrogen-bond donors (Lipinski definition) is 2. The third-order valence-corrected chi connectivity index (χ3v) is 4.84. The zero-order valence-electron chi connectivity index (χ0n) is 12.5. The second-order valence-corrected chi connectivity index (χ2v) is 6.59. The van der Waals surface area contributed by atoms with Crippen LogP contribution < -0.4 is 5.32 Å². The molecule has 2 saturated carbocycles. The van der Waals surface area contributed by atoms with Gasteiger partial charge < -0.3 is 15.3 Å². The maximum atomic E-state index is 12.3. The molecule has 2 aliphatic rings. The van der Waals surface area contributed by atoms with Gasteiger partial charge in [-0.2, -0.15) is 0 Å². The first-order valence-corrected chi connectivity index (χ1v) is 7.71. The first kappa shape index (κ1) is 15.1. The van der Waals surface area contributed by atoms with Gasteiger partial charge in [0.1, 0.15) is 5.54 Å². The number of carboxylic acid groups (broad SMARTS) is 1. The van der Waals surface area contributed by atoms with Crippen molar-refractivity contribution < 1.29 is 14.7 Å². The number of hydrogen-bond acceptors (Lipinski definition) is 2. The maximum Gasteiger partial charge on any atom is 0.329 e. The molecule has 5 heteroatoms. The Kier molecular flexibility index (Phi) is 4.55. The van der Waals surface area contributed by atoms with Gasteiger partial charge in [0.25, 0.3) is 0 Å². The van der Waals surface area contributed by atoms with E-state index in [4.69, 9.17) is 0 Å². The number of carboxylic acids is 1. The van der Waals surface area contributed by atoms with Crippen LogP contribution in [0.25, 0.3) is 0 Å². The lowest BCUT2D eigenvalue weighted by Gasteiger charge is -2.31. The molecule has 0 aliphatic heterocycles. The van der Waals surface area contributed by atoms with Crippen molar-refractivity contribution in [1.29, 1.82) is 0 Å². The molecule has 2 amide bonds. The minimum atomic E-state index is -1.06. The second kappa shape index (κ2) is 6.02. The third kappa shape index (κ3) is 3.44. The predicted octanol–water partition coefficient (Wildman–Crippen LogP) is 2.46. The fourth-order valence-electron chi connectivity index (χ4n) is 3.11. The zero-order chi connectivity index (χ0) is 14.8. The van der Waals surface area contributed by atoms with Crippen LogP contribution in [0.5, 0.6) is 0 Å². The van der Waals surface area contributed by atoms with E-state index in [1.54, 1.807) is 11.9 Å². The van der Waals surface area contributed by atoms with E-state index < -0.39 is 11.5 Å². The van der Waals surface area contributed by atoms with Crippen molar-refractivity contribution in [3.63, 3.8) is 0 Å². The van der Waals surface area contributed by atoms with Gasteiger partial charge in [0.15, 0.2) is 0 Å². The number of nitrogens with one attached hydrogen (secondary N) is 1. The van der Waals surface area contributed by atoms with Gasteiger partial charge in [-0.3, -0.25) is 0 Å². The highest BCUT2D eigenvalue weighted by molar-refractivity contribution is 5.86. The quantitative estimate of drug-likeness (QED) is 0.778. The summed E-state index contributed by atoms with van der Waals surface area (Å²) in [6, 6.07) is -0.242. The van der Waals surface area contributed by atoms with Gasteiger partial charge in [0.2, 0.25) is 0 Å². The van der Waals surface area contributed by atoms with Gasteiger partial charge in [-0.15, -0.1) is 0 Å². The third-order valence-electron chi connectivity index (χ3n) is 4.84. The van der Waals surface area contributed by atoms with Crippen molar-refractivity contribution in [2.24, 2.45) is 11.8 Å². The average Bonchev–Trinajstić information content (AvgIpc) is 3.12. The van der Waals surface area contributed by atoms with Crippen LogP contribution >= 0.6 is 0 Å². The second-order valence-electron chi connectivity index (χ2n) is 6.59. The number of nitrogens with zero attached hydrogens (tertiary/aromatic N) is 1. The van der Waals surface area contributed by atoms with Crippen LogP contribution in [-0.2, 0) is 4.79 Å². The fourth-order valence-corrected chi connectivity index (χ4v) is 3.11. The zero-order valence-corrected chi connectivity index (χ0v) is 12.5. The molecule has 0 saturated heterocycles. The van der Waals surface area contributed by atoms with Crippen molar-refractivity contribution in [2.75, 3.05) is 13.6 Å². The summed E-state index contributed by atoms with van der Waals surface area (Å²) in [5, 5.41) is 12.4. The molecule has 2 unspecified atom stereocenters. The van der Waals surface area contributed by atoms with Crippen LogP contribution in [0.15, 0.2) is 0 Å². The van der Waals surface area contributed by atoms with Crippen molar-refractivity contribution in [3.05, 3.63) is 0 Å². The van der Waals surface area contributed by atoms with E-state index in [1.807, 2.05) is 0 Å². The van der Waals surface area contributed by atoms with E-state index in [1.165, 1.54) is 6.42 Å². The Morgan fingerprint density at radius 3 is 2.25 bits per heavy atom.